The molecule has 0 saturated heterocycles. The molecule has 48 heavy (non-hydrogen) atoms. The van der Waals surface area contributed by atoms with E-state index in [1.54, 1.807) is 0 Å². The Bertz CT molecular complexity index is 2960. The lowest BCUT2D eigenvalue weighted by molar-refractivity contribution is 0.669. The second-order valence-electron chi connectivity index (χ2n) is 12.0. The van der Waals surface area contributed by atoms with Gasteiger partial charge in [0, 0.05) is 54.3 Å². The van der Waals surface area contributed by atoms with Gasteiger partial charge in [0.25, 0.3) is 0 Å². The van der Waals surface area contributed by atoms with Crippen molar-refractivity contribution in [3.8, 4) is 0 Å². The quantitative estimate of drug-likeness (QED) is 0.177. The van der Waals surface area contributed by atoms with Gasteiger partial charge in [0.05, 0.1) is 21.6 Å². The van der Waals surface area contributed by atoms with Crippen LogP contribution in [0.15, 0.2) is 148 Å². The SMILES string of the molecule is C=Nc1ccccc1/C(=N\Cn1c2ncccc2c2c3ccccc3c3c4ccccc4sc3c21)c1cccc2oc3ccccc3c12. The maximum Gasteiger partial charge on any atom is 0.142 e. The summed E-state index contributed by atoms with van der Waals surface area (Å²) in [5, 5.41) is 9.45. The summed E-state index contributed by atoms with van der Waals surface area (Å²) in [5.41, 5.74) is 7.24. The van der Waals surface area contributed by atoms with Crippen LogP contribution in [0.4, 0.5) is 5.69 Å². The highest BCUT2D eigenvalue weighted by Crippen LogP contribution is 2.46. The Kier molecular flexibility index (Phi) is 5.89. The minimum atomic E-state index is 0.353. The number of furan rings is 1. The van der Waals surface area contributed by atoms with E-state index in [0.717, 1.165) is 61.0 Å². The van der Waals surface area contributed by atoms with Crippen molar-refractivity contribution in [3.63, 3.8) is 0 Å². The summed E-state index contributed by atoms with van der Waals surface area (Å²) in [6, 6.07) is 44.1. The largest absolute Gasteiger partial charge is 0.456 e. The number of aliphatic imine (C=N–C) groups is 2. The average molecular weight is 635 g/mol. The van der Waals surface area contributed by atoms with Crippen molar-refractivity contribution in [2.24, 2.45) is 9.98 Å². The summed E-state index contributed by atoms with van der Waals surface area (Å²) >= 11 is 1.84. The normalized spacial score (nSPS) is 12.5. The lowest BCUT2D eigenvalue weighted by Gasteiger charge is -2.13. The van der Waals surface area contributed by atoms with Crippen molar-refractivity contribution in [1.29, 1.82) is 0 Å². The topological polar surface area (TPSA) is 55.7 Å². The fourth-order valence-corrected chi connectivity index (χ4v) is 8.74. The van der Waals surface area contributed by atoms with Crippen LogP contribution < -0.4 is 0 Å². The maximum absolute atomic E-state index is 6.31. The molecule has 0 amide bonds. The molecule has 10 rings (SSSR count). The van der Waals surface area contributed by atoms with Crippen LogP contribution in [0.2, 0.25) is 0 Å². The molecule has 0 aliphatic rings. The fourth-order valence-electron chi connectivity index (χ4n) is 7.46. The van der Waals surface area contributed by atoms with Crippen molar-refractivity contribution < 1.29 is 4.42 Å². The zero-order chi connectivity index (χ0) is 31.8. The molecule has 0 aliphatic heterocycles. The summed E-state index contributed by atoms with van der Waals surface area (Å²) < 4.78 is 11.1. The number of fused-ring (bicyclic) bond motifs is 13. The number of thiophene rings is 1. The predicted molar refractivity (Wildman–Crippen MR) is 203 cm³/mol. The van der Waals surface area contributed by atoms with Gasteiger partial charge in [-0.05, 0) is 53.9 Å². The van der Waals surface area contributed by atoms with Gasteiger partial charge in [-0.15, -0.1) is 11.3 Å². The van der Waals surface area contributed by atoms with Crippen molar-refractivity contribution in [3.05, 3.63) is 145 Å². The maximum atomic E-state index is 6.31. The number of hydrogen-bond acceptors (Lipinski definition) is 5. The summed E-state index contributed by atoms with van der Waals surface area (Å²) in [4.78, 5) is 14.9. The molecule has 0 unspecified atom stereocenters. The summed E-state index contributed by atoms with van der Waals surface area (Å²) in [7, 11) is 0. The summed E-state index contributed by atoms with van der Waals surface area (Å²) in [6.45, 7) is 4.26. The number of para-hydroxylation sites is 2. The first-order valence-corrected chi connectivity index (χ1v) is 16.7. The van der Waals surface area contributed by atoms with Crippen molar-refractivity contribution in [2.45, 2.75) is 6.67 Å². The van der Waals surface area contributed by atoms with Crippen LogP contribution in [0, 0.1) is 0 Å². The molecule has 0 spiro atoms. The highest BCUT2D eigenvalue weighted by atomic mass is 32.1. The number of hydrogen-bond donors (Lipinski definition) is 0. The second kappa shape index (κ2) is 10.5. The van der Waals surface area contributed by atoms with Crippen molar-refractivity contribution in [1.82, 2.24) is 9.55 Å². The van der Waals surface area contributed by atoms with E-state index in [9.17, 15) is 0 Å². The van der Waals surface area contributed by atoms with Gasteiger partial charge >= 0.3 is 0 Å². The van der Waals surface area contributed by atoms with Gasteiger partial charge in [0.2, 0.25) is 0 Å². The molecule has 0 fully saturated rings. The first-order chi connectivity index (χ1) is 23.8. The number of benzene rings is 6. The van der Waals surface area contributed by atoms with E-state index >= 15 is 0 Å². The standard InChI is InChI=1S/C42H26N4OS/c1-43-32-19-7-4-14-27(32)39(30-17-10-21-34-36(30)28-15-5-8-20-33(28)47-34)45-24-46-40-37(31-18-11-23-44-42(31)46)25-12-2-3-13-26(25)38-29-16-6-9-22-35(29)48-41(38)40/h2-23H,1,24H2/b45-39+. The minimum absolute atomic E-state index is 0.353. The Labute approximate surface area is 278 Å². The van der Waals surface area contributed by atoms with E-state index in [-0.39, 0.29) is 0 Å². The number of rotatable bonds is 5. The Morgan fingerprint density at radius 2 is 1.33 bits per heavy atom. The average Bonchev–Trinajstić information content (AvgIpc) is 3.82. The van der Waals surface area contributed by atoms with E-state index in [0.29, 0.717) is 6.67 Å². The zero-order valence-corrected chi connectivity index (χ0v) is 26.5. The van der Waals surface area contributed by atoms with Crippen LogP contribution in [0.1, 0.15) is 11.1 Å². The van der Waals surface area contributed by atoms with E-state index in [4.69, 9.17) is 14.4 Å². The van der Waals surface area contributed by atoms with Crippen LogP contribution in [0.25, 0.3) is 74.8 Å². The Balaban J connectivity index is 1.32. The smallest absolute Gasteiger partial charge is 0.142 e. The third-order valence-corrected chi connectivity index (χ3v) is 10.6. The van der Waals surface area contributed by atoms with Crippen molar-refractivity contribution >= 4 is 104 Å². The molecule has 4 aromatic heterocycles. The molecule has 0 aliphatic carbocycles. The first kappa shape index (κ1) is 27.0. The Morgan fingerprint density at radius 1 is 0.646 bits per heavy atom. The summed E-state index contributed by atoms with van der Waals surface area (Å²) in [5.74, 6) is 0. The zero-order valence-electron chi connectivity index (χ0n) is 25.7. The van der Waals surface area contributed by atoms with Gasteiger partial charge in [-0.1, -0.05) is 91.0 Å². The monoisotopic (exact) mass is 634 g/mol. The van der Waals surface area contributed by atoms with Crippen LogP contribution in [0.5, 0.6) is 0 Å². The molecule has 6 heteroatoms. The molecule has 6 aromatic carbocycles. The molecule has 4 heterocycles. The molecule has 226 valence electrons. The molecular formula is C42H26N4OS. The highest BCUT2D eigenvalue weighted by Gasteiger charge is 2.23. The van der Waals surface area contributed by atoms with E-state index in [2.05, 4.69) is 95.1 Å². The number of aromatic nitrogens is 2. The number of pyridine rings is 1. The van der Waals surface area contributed by atoms with Gasteiger partial charge in [-0.2, -0.15) is 0 Å². The second-order valence-corrected chi connectivity index (χ2v) is 13.0. The summed E-state index contributed by atoms with van der Waals surface area (Å²) in [6.07, 6.45) is 1.88. The van der Waals surface area contributed by atoms with Crippen LogP contribution in [-0.4, -0.2) is 22.0 Å². The Morgan fingerprint density at radius 3 is 2.21 bits per heavy atom. The third-order valence-electron chi connectivity index (χ3n) is 9.45. The van der Waals surface area contributed by atoms with E-state index < -0.39 is 0 Å². The predicted octanol–water partition coefficient (Wildman–Crippen LogP) is 11.4. The van der Waals surface area contributed by atoms with E-state index in [1.165, 1.54) is 36.3 Å². The number of nitrogens with zero attached hydrogens (tertiary/aromatic N) is 4. The van der Waals surface area contributed by atoms with Gasteiger partial charge in [0.1, 0.15) is 23.5 Å². The minimum Gasteiger partial charge on any atom is -0.456 e. The third kappa shape index (κ3) is 3.81. The lowest BCUT2D eigenvalue weighted by atomic mass is 9.96. The van der Waals surface area contributed by atoms with Crippen LogP contribution >= 0.6 is 11.3 Å². The molecule has 0 bridgehead atoms. The molecule has 0 atom stereocenters. The fraction of sp³-hybridized carbons (Fsp3) is 0.0238. The van der Waals surface area contributed by atoms with Crippen LogP contribution in [0.3, 0.4) is 0 Å². The first-order valence-electron chi connectivity index (χ1n) is 15.9. The van der Waals surface area contributed by atoms with Gasteiger partial charge in [-0.3, -0.25) is 9.98 Å². The van der Waals surface area contributed by atoms with Gasteiger partial charge in [0.15, 0.2) is 0 Å². The lowest BCUT2D eigenvalue weighted by Crippen LogP contribution is -2.08. The Hall–Kier alpha value is -6.11. The van der Waals surface area contributed by atoms with Gasteiger partial charge in [-0.25, -0.2) is 4.98 Å². The van der Waals surface area contributed by atoms with E-state index in [1.807, 2.05) is 66.1 Å². The van der Waals surface area contributed by atoms with Crippen LogP contribution in [-0.2, 0) is 6.67 Å². The van der Waals surface area contributed by atoms with Crippen molar-refractivity contribution in [2.75, 3.05) is 0 Å². The molecule has 5 nitrogen and oxygen atoms in total. The molecule has 10 aromatic rings. The highest BCUT2D eigenvalue weighted by molar-refractivity contribution is 7.27. The molecular weight excluding hydrogens is 609 g/mol. The molecule has 0 N–H and O–H groups in total. The van der Waals surface area contributed by atoms with Gasteiger partial charge < -0.3 is 8.98 Å². The molecule has 0 radical (unpaired) electrons. The molecule has 0 saturated carbocycles.